The van der Waals surface area contributed by atoms with Crippen LogP contribution in [-0.2, 0) is 16.9 Å². The van der Waals surface area contributed by atoms with Crippen LogP contribution in [0.25, 0.3) is 0 Å². The van der Waals surface area contributed by atoms with E-state index in [2.05, 4.69) is 10.1 Å². The highest BCUT2D eigenvalue weighted by molar-refractivity contribution is 5.02. The van der Waals surface area contributed by atoms with Gasteiger partial charge in [0, 0.05) is 7.11 Å². The highest BCUT2D eigenvalue weighted by Gasteiger charge is 2.28. The molecule has 0 aromatic carbocycles. The van der Waals surface area contributed by atoms with Gasteiger partial charge in [-0.1, -0.05) is 19.0 Å². The van der Waals surface area contributed by atoms with Gasteiger partial charge in [0.05, 0.1) is 5.54 Å². The molecule has 5 heteroatoms. The Bertz CT molecular complexity index is 281. The molecule has 1 aromatic rings. The van der Waals surface area contributed by atoms with E-state index < -0.39 is 5.54 Å². The van der Waals surface area contributed by atoms with Crippen molar-refractivity contribution in [1.29, 1.82) is 0 Å². The second-order valence-electron chi connectivity index (χ2n) is 3.31. The van der Waals surface area contributed by atoms with Gasteiger partial charge < -0.3 is 15.0 Å². The van der Waals surface area contributed by atoms with Crippen molar-refractivity contribution in [2.45, 2.75) is 38.8 Å². The predicted octanol–water partition coefficient (Wildman–Crippen LogP) is 1.19. The molecule has 0 aliphatic heterocycles. The van der Waals surface area contributed by atoms with Gasteiger partial charge in [0.1, 0.15) is 6.61 Å². The zero-order chi connectivity index (χ0) is 10.6. The van der Waals surface area contributed by atoms with Gasteiger partial charge in [-0.3, -0.25) is 0 Å². The molecule has 0 unspecified atom stereocenters. The summed E-state index contributed by atoms with van der Waals surface area (Å²) in [6.45, 7) is 4.35. The minimum atomic E-state index is -0.477. The van der Waals surface area contributed by atoms with Crippen molar-refractivity contribution >= 4 is 0 Å². The molecule has 80 valence electrons. The highest BCUT2D eigenvalue weighted by Crippen LogP contribution is 2.22. The van der Waals surface area contributed by atoms with Gasteiger partial charge in [0.2, 0.25) is 0 Å². The Morgan fingerprint density at radius 1 is 1.43 bits per heavy atom. The van der Waals surface area contributed by atoms with E-state index in [-0.39, 0.29) is 0 Å². The van der Waals surface area contributed by atoms with E-state index in [9.17, 15) is 0 Å². The molecule has 0 aliphatic carbocycles. The topological polar surface area (TPSA) is 74.2 Å². The van der Waals surface area contributed by atoms with Gasteiger partial charge >= 0.3 is 0 Å². The van der Waals surface area contributed by atoms with E-state index in [1.807, 2.05) is 13.8 Å². The quantitative estimate of drug-likeness (QED) is 0.771. The van der Waals surface area contributed by atoms with E-state index in [0.29, 0.717) is 18.3 Å². The van der Waals surface area contributed by atoms with Crippen molar-refractivity contribution in [1.82, 2.24) is 10.1 Å². The maximum absolute atomic E-state index is 6.10. The van der Waals surface area contributed by atoms with E-state index in [4.69, 9.17) is 15.0 Å². The Morgan fingerprint density at radius 2 is 2.07 bits per heavy atom. The standard InChI is InChI=1S/C9H17N3O2/c1-4-9(10,5-2)8-11-7(6-13-3)14-12-8/h4-6,10H2,1-3H3. The number of hydrogen-bond acceptors (Lipinski definition) is 5. The highest BCUT2D eigenvalue weighted by atomic mass is 16.5. The fourth-order valence-corrected chi connectivity index (χ4v) is 1.21. The second-order valence-corrected chi connectivity index (χ2v) is 3.31. The first kappa shape index (κ1) is 11.1. The smallest absolute Gasteiger partial charge is 0.252 e. The summed E-state index contributed by atoms with van der Waals surface area (Å²) in [6, 6.07) is 0. The van der Waals surface area contributed by atoms with Gasteiger partial charge in [-0.05, 0) is 12.8 Å². The van der Waals surface area contributed by atoms with Crippen LogP contribution in [0.2, 0.25) is 0 Å². The summed E-state index contributed by atoms with van der Waals surface area (Å²) in [7, 11) is 1.58. The molecule has 0 atom stereocenters. The first-order valence-corrected chi connectivity index (χ1v) is 4.77. The normalized spacial score (nSPS) is 12.0. The Hall–Kier alpha value is -0.940. The summed E-state index contributed by atoms with van der Waals surface area (Å²) in [5, 5.41) is 3.86. The molecule has 1 heterocycles. The molecule has 1 rings (SSSR count). The number of rotatable bonds is 5. The number of aromatic nitrogens is 2. The molecule has 0 saturated heterocycles. The molecule has 0 amide bonds. The summed E-state index contributed by atoms with van der Waals surface area (Å²) >= 11 is 0. The average Bonchev–Trinajstić information content (AvgIpc) is 2.66. The van der Waals surface area contributed by atoms with Crippen molar-refractivity contribution in [3.05, 3.63) is 11.7 Å². The van der Waals surface area contributed by atoms with Crippen LogP contribution >= 0.6 is 0 Å². The average molecular weight is 199 g/mol. The summed E-state index contributed by atoms with van der Waals surface area (Å²) < 4.78 is 9.87. The van der Waals surface area contributed by atoms with Crippen LogP contribution in [-0.4, -0.2) is 17.3 Å². The second kappa shape index (κ2) is 4.52. The first-order chi connectivity index (χ1) is 6.66. The molecule has 5 nitrogen and oxygen atoms in total. The molecule has 0 saturated carbocycles. The van der Waals surface area contributed by atoms with Crippen molar-refractivity contribution < 1.29 is 9.26 Å². The zero-order valence-corrected chi connectivity index (χ0v) is 8.91. The number of nitrogens with two attached hydrogens (primary N) is 1. The van der Waals surface area contributed by atoms with Crippen molar-refractivity contribution in [2.75, 3.05) is 7.11 Å². The molecule has 1 aromatic heterocycles. The first-order valence-electron chi connectivity index (χ1n) is 4.77. The monoisotopic (exact) mass is 199 g/mol. The summed E-state index contributed by atoms with van der Waals surface area (Å²) in [5.74, 6) is 1.04. The van der Waals surface area contributed by atoms with Gasteiger partial charge in [-0.25, -0.2) is 0 Å². The SMILES string of the molecule is CCC(N)(CC)c1noc(COC)n1. The predicted molar refractivity (Wildman–Crippen MR) is 51.5 cm³/mol. The van der Waals surface area contributed by atoms with Crippen molar-refractivity contribution in [3.63, 3.8) is 0 Å². The summed E-state index contributed by atoms with van der Waals surface area (Å²) in [4.78, 5) is 4.19. The maximum Gasteiger partial charge on any atom is 0.252 e. The molecule has 0 aliphatic rings. The van der Waals surface area contributed by atoms with Crippen LogP contribution in [0.4, 0.5) is 0 Å². The lowest BCUT2D eigenvalue weighted by Crippen LogP contribution is -2.36. The lowest BCUT2D eigenvalue weighted by molar-refractivity contribution is 0.151. The largest absolute Gasteiger partial charge is 0.375 e. The van der Waals surface area contributed by atoms with E-state index in [0.717, 1.165) is 12.8 Å². The Morgan fingerprint density at radius 3 is 2.57 bits per heavy atom. The minimum Gasteiger partial charge on any atom is -0.375 e. The number of hydrogen-bond donors (Lipinski definition) is 1. The fraction of sp³-hybridized carbons (Fsp3) is 0.778. The van der Waals surface area contributed by atoms with Crippen LogP contribution in [0.1, 0.15) is 38.4 Å². The lowest BCUT2D eigenvalue weighted by Gasteiger charge is -2.21. The third kappa shape index (κ3) is 2.10. The molecule has 0 bridgehead atoms. The van der Waals surface area contributed by atoms with Crippen LogP contribution in [0.15, 0.2) is 4.52 Å². The lowest BCUT2D eigenvalue weighted by atomic mass is 9.94. The molecule has 0 spiro atoms. The molecular formula is C9H17N3O2. The summed E-state index contributed by atoms with van der Waals surface area (Å²) in [6.07, 6.45) is 1.57. The molecule has 0 radical (unpaired) electrons. The molecule has 2 N–H and O–H groups in total. The number of methoxy groups -OCH3 is 1. The van der Waals surface area contributed by atoms with Crippen LogP contribution in [0.3, 0.4) is 0 Å². The number of ether oxygens (including phenoxy) is 1. The minimum absolute atomic E-state index is 0.330. The Balaban J connectivity index is 2.84. The Labute approximate surface area is 83.6 Å². The van der Waals surface area contributed by atoms with Crippen LogP contribution < -0.4 is 5.73 Å². The van der Waals surface area contributed by atoms with Gasteiger partial charge in [-0.2, -0.15) is 4.98 Å². The van der Waals surface area contributed by atoms with Crippen LogP contribution in [0, 0.1) is 0 Å². The van der Waals surface area contributed by atoms with Crippen LogP contribution in [0.5, 0.6) is 0 Å². The van der Waals surface area contributed by atoms with E-state index in [1.54, 1.807) is 7.11 Å². The van der Waals surface area contributed by atoms with Crippen molar-refractivity contribution in [2.24, 2.45) is 5.73 Å². The molecule has 14 heavy (non-hydrogen) atoms. The zero-order valence-electron chi connectivity index (χ0n) is 8.91. The van der Waals surface area contributed by atoms with Gasteiger partial charge in [-0.15, -0.1) is 0 Å². The third-order valence-corrected chi connectivity index (χ3v) is 2.44. The van der Waals surface area contributed by atoms with Gasteiger partial charge in [0.15, 0.2) is 5.82 Å². The fourth-order valence-electron chi connectivity index (χ4n) is 1.21. The van der Waals surface area contributed by atoms with Crippen molar-refractivity contribution in [3.8, 4) is 0 Å². The Kier molecular flexibility index (Phi) is 3.60. The molecule has 0 fully saturated rings. The maximum atomic E-state index is 6.10. The summed E-state index contributed by atoms with van der Waals surface area (Å²) in [5.41, 5.74) is 5.62. The third-order valence-electron chi connectivity index (χ3n) is 2.44. The molecular weight excluding hydrogens is 182 g/mol. The van der Waals surface area contributed by atoms with E-state index in [1.165, 1.54) is 0 Å². The van der Waals surface area contributed by atoms with Gasteiger partial charge in [0.25, 0.3) is 5.89 Å². The van der Waals surface area contributed by atoms with E-state index >= 15 is 0 Å². The number of nitrogens with zero attached hydrogens (tertiary/aromatic N) is 2.